The maximum Gasteiger partial charge on any atom is 0.0765 e. The van der Waals surface area contributed by atoms with Gasteiger partial charge in [0, 0.05) is 18.3 Å². The third kappa shape index (κ3) is 3.34. The fourth-order valence-electron chi connectivity index (χ4n) is 1.78. The van der Waals surface area contributed by atoms with E-state index >= 15 is 0 Å². The van der Waals surface area contributed by atoms with Crippen molar-refractivity contribution in [2.75, 3.05) is 7.05 Å². The van der Waals surface area contributed by atoms with Gasteiger partial charge in [-0.25, -0.2) is 0 Å². The second-order valence-corrected chi connectivity index (χ2v) is 4.79. The molecule has 3 heteroatoms. The summed E-state index contributed by atoms with van der Waals surface area (Å²) in [6.45, 7) is 9.70. The molecule has 0 spiro atoms. The fourth-order valence-corrected chi connectivity index (χ4v) is 1.78. The highest BCUT2D eigenvalue weighted by Gasteiger charge is 2.11. The van der Waals surface area contributed by atoms with E-state index in [9.17, 15) is 0 Å². The van der Waals surface area contributed by atoms with Crippen LogP contribution in [-0.4, -0.2) is 16.8 Å². The van der Waals surface area contributed by atoms with Gasteiger partial charge in [0.25, 0.3) is 0 Å². The number of rotatable bonds is 5. The first-order valence-corrected chi connectivity index (χ1v) is 5.76. The predicted octanol–water partition coefficient (Wildman–Crippen LogP) is 2.38. The zero-order valence-electron chi connectivity index (χ0n) is 10.5. The molecule has 1 heterocycles. The molecule has 0 unspecified atom stereocenters. The number of nitrogens with one attached hydrogen (secondary N) is 1. The first-order valence-electron chi connectivity index (χ1n) is 5.76. The van der Waals surface area contributed by atoms with Gasteiger partial charge in [0.1, 0.15) is 0 Å². The van der Waals surface area contributed by atoms with Gasteiger partial charge in [0.05, 0.1) is 5.69 Å². The Balaban J connectivity index is 2.90. The van der Waals surface area contributed by atoms with Gasteiger partial charge >= 0.3 is 0 Å². The molecule has 0 atom stereocenters. The van der Waals surface area contributed by atoms with Gasteiger partial charge in [0.2, 0.25) is 0 Å². The second-order valence-electron chi connectivity index (χ2n) is 4.79. The first-order chi connectivity index (χ1) is 7.04. The van der Waals surface area contributed by atoms with E-state index in [-0.39, 0.29) is 0 Å². The Morgan fingerprint density at radius 2 is 2.00 bits per heavy atom. The van der Waals surface area contributed by atoms with E-state index in [1.54, 1.807) is 0 Å². The molecule has 0 aromatic carbocycles. The van der Waals surface area contributed by atoms with Crippen molar-refractivity contribution in [3.05, 3.63) is 17.5 Å². The van der Waals surface area contributed by atoms with Crippen LogP contribution in [0.4, 0.5) is 0 Å². The van der Waals surface area contributed by atoms with Crippen molar-refractivity contribution in [1.82, 2.24) is 15.1 Å². The highest BCUT2D eigenvalue weighted by molar-refractivity contribution is 5.11. The van der Waals surface area contributed by atoms with Crippen LogP contribution in [0.3, 0.4) is 0 Å². The highest BCUT2D eigenvalue weighted by Crippen LogP contribution is 2.15. The van der Waals surface area contributed by atoms with Gasteiger partial charge < -0.3 is 5.32 Å². The van der Waals surface area contributed by atoms with Gasteiger partial charge in [-0.2, -0.15) is 5.10 Å². The zero-order chi connectivity index (χ0) is 11.4. The fraction of sp³-hybridized carbons (Fsp3) is 0.750. The third-order valence-corrected chi connectivity index (χ3v) is 2.33. The largest absolute Gasteiger partial charge is 0.314 e. The molecule has 0 aliphatic carbocycles. The molecule has 15 heavy (non-hydrogen) atoms. The lowest BCUT2D eigenvalue weighted by molar-refractivity contribution is 0.484. The van der Waals surface area contributed by atoms with Gasteiger partial charge in [-0.15, -0.1) is 0 Å². The van der Waals surface area contributed by atoms with Crippen molar-refractivity contribution in [1.29, 1.82) is 0 Å². The minimum Gasteiger partial charge on any atom is -0.314 e. The molecule has 0 bridgehead atoms. The summed E-state index contributed by atoms with van der Waals surface area (Å²) >= 11 is 0. The van der Waals surface area contributed by atoms with E-state index in [2.05, 4.69) is 48.9 Å². The summed E-state index contributed by atoms with van der Waals surface area (Å²) in [5, 5.41) is 7.75. The quantitative estimate of drug-likeness (QED) is 0.807. The molecule has 1 aromatic rings. The Kier molecular flexibility index (Phi) is 4.33. The molecule has 0 aliphatic rings. The maximum atomic E-state index is 4.61. The maximum absolute atomic E-state index is 4.61. The predicted molar refractivity (Wildman–Crippen MR) is 63.9 cm³/mol. The Morgan fingerprint density at radius 3 is 2.47 bits per heavy atom. The summed E-state index contributed by atoms with van der Waals surface area (Å²) in [4.78, 5) is 0. The highest BCUT2D eigenvalue weighted by atomic mass is 15.3. The molecule has 1 N–H and O–H groups in total. The van der Waals surface area contributed by atoms with E-state index in [0.29, 0.717) is 12.0 Å². The Hall–Kier alpha value is -0.830. The molecule has 0 aliphatic heterocycles. The van der Waals surface area contributed by atoms with Crippen LogP contribution in [0.5, 0.6) is 0 Å². The van der Waals surface area contributed by atoms with Crippen LogP contribution in [0, 0.1) is 5.92 Å². The SMILES string of the molecule is CNCc1cc(CC(C)C)n(C(C)C)n1. The average Bonchev–Trinajstić information content (AvgIpc) is 2.47. The minimum absolute atomic E-state index is 0.448. The van der Waals surface area contributed by atoms with E-state index in [0.717, 1.165) is 18.7 Å². The average molecular weight is 209 g/mol. The molecular weight excluding hydrogens is 186 g/mol. The van der Waals surface area contributed by atoms with Gasteiger partial charge in [-0.05, 0) is 39.3 Å². The first kappa shape index (κ1) is 12.2. The monoisotopic (exact) mass is 209 g/mol. The van der Waals surface area contributed by atoms with Crippen LogP contribution in [0.1, 0.15) is 45.1 Å². The topological polar surface area (TPSA) is 29.9 Å². The van der Waals surface area contributed by atoms with Crippen LogP contribution >= 0.6 is 0 Å². The summed E-state index contributed by atoms with van der Waals surface area (Å²) in [6, 6.07) is 2.67. The second kappa shape index (κ2) is 5.31. The van der Waals surface area contributed by atoms with Crippen molar-refractivity contribution in [2.24, 2.45) is 5.92 Å². The van der Waals surface area contributed by atoms with Crippen LogP contribution in [0.15, 0.2) is 6.07 Å². The molecular formula is C12H23N3. The van der Waals surface area contributed by atoms with Crippen molar-refractivity contribution >= 4 is 0 Å². The van der Waals surface area contributed by atoms with Gasteiger partial charge in [-0.3, -0.25) is 4.68 Å². The standard InChI is InChI=1S/C12H23N3/c1-9(2)6-12-7-11(8-13-5)14-15(12)10(3)4/h7,9-10,13H,6,8H2,1-5H3. The van der Waals surface area contributed by atoms with Crippen molar-refractivity contribution in [2.45, 2.75) is 46.7 Å². The summed E-state index contributed by atoms with van der Waals surface area (Å²) in [5.74, 6) is 0.682. The smallest absolute Gasteiger partial charge is 0.0765 e. The number of hydrogen-bond donors (Lipinski definition) is 1. The number of aromatic nitrogens is 2. The van der Waals surface area contributed by atoms with Crippen LogP contribution in [-0.2, 0) is 13.0 Å². The molecule has 1 rings (SSSR count). The van der Waals surface area contributed by atoms with Crippen molar-refractivity contribution in [3.8, 4) is 0 Å². The van der Waals surface area contributed by atoms with E-state index in [1.807, 2.05) is 7.05 Å². The molecule has 0 saturated heterocycles. The lowest BCUT2D eigenvalue weighted by atomic mass is 10.1. The molecule has 1 aromatic heterocycles. The molecule has 86 valence electrons. The molecule has 0 radical (unpaired) electrons. The normalized spacial score (nSPS) is 11.7. The lowest BCUT2D eigenvalue weighted by Gasteiger charge is -2.12. The summed E-state index contributed by atoms with van der Waals surface area (Å²) in [6.07, 6.45) is 1.11. The third-order valence-electron chi connectivity index (χ3n) is 2.33. The van der Waals surface area contributed by atoms with Crippen LogP contribution in [0.25, 0.3) is 0 Å². The van der Waals surface area contributed by atoms with Crippen molar-refractivity contribution < 1.29 is 0 Å². The zero-order valence-corrected chi connectivity index (χ0v) is 10.5. The minimum atomic E-state index is 0.448. The van der Waals surface area contributed by atoms with Gasteiger partial charge in [0.15, 0.2) is 0 Å². The summed E-state index contributed by atoms with van der Waals surface area (Å²) in [7, 11) is 1.95. The summed E-state index contributed by atoms with van der Waals surface area (Å²) < 4.78 is 2.15. The molecule has 3 nitrogen and oxygen atoms in total. The van der Waals surface area contributed by atoms with Crippen LogP contribution in [0.2, 0.25) is 0 Å². The molecule has 0 fully saturated rings. The number of hydrogen-bond acceptors (Lipinski definition) is 2. The number of nitrogens with zero attached hydrogens (tertiary/aromatic N) is 2. The van der Waals surface area contributed by atoms with Gasteiger partial charge in [-0.1, -0.05) is 13.8 Å². The summed E-state index contributed by atoms with van der Waals surface area (Å²) in [5.41, 5.74) is 2.49. The Labute approximate surface area is 92.9 Å². The van der Waals surface area contributed by atoms with Crippen molar-refractivity contribution in [3.63, 3.8) is 0 Å². The lowest BCUT2D eigenvalue weighted by Crippen LogP contribution is -2.10. The Bertz CT molecular complexity index is 300. The molecule has 0 amide bonds. The van der Waals surface area contributed by atoms with Crippen LogP contribution < -0.4 is 5.32 Å². The molecule has 0 saturated carbocycles. The van der Waals surface area contributed by atoms with E-state index < -0.39 is 0 Å². The Morgan fingerprint density at radius 1 is 1.33 bits per heavy atom. The van der Waals surface area contributed by atoms with E-state index in [1.165, 1.54) is 5.69 Å². The van der Waals surface area contributed by atoms with E-state index in [4.69, 9.17) is 0 Å².